The summed E-state index contributed by atoms with van der Waals surface area (Å²) < 4.78 is 43.6. The molecular formula is C19H21F3N2OS. The van der Waals surface area contributed by atoms with E-state index in [9.17, 15) is 13.2 Å². The summed E-state index contributed by atoms with van der Waals surface area (Å²) in [6, 6.07) is 5.88. The molecule has 7 heteroatoms. The lowest BCUT2D eigenvalue weighted by Crippen LogP contribution is -2.31. The molecule has 1 atom stereocenters. The number of nitrogens with zero attached hydrogens (tertiary/aromatic N) is 2. The molecule has 1 saturated heterocycles. The third kappa shape index (κ3) is 4.27. The summed E-state index contributed by atoms with van der Waals surface area (Å²) >= 11 is 1.49. The minimum Gasteiger partial charge on any atom is -0.381 e. The smallest absolute Gasteiger partial charge is 0.381 e. The highest BCUT2D eigenvalue weighted by Gasteiger charge is 2.32. The Morgan fingerprint density at radius 2 is 1.92 bits per heavy atom. The number of hydrogen-bond acceptors (Lipinski definition) is 4. The summed E-state index contributed by atoms with van der Waals surface area (Å²) in [7, 11) is 0. The van der Waals surface area contributed by atoms with E-state index in [1.165, 1.54) is 36.3 Å². The van der Waals surface area contributed by atoms with Crippen LogP contribution in [0.3, 0.4) is 0 Å². The molecule has 1 aromatic heterocycles. The van der Waals surface area contributed by atoms with Gasteiger partial charge in [-0.1, -0.05) is 12.1 Å². The number of thiazole rings is 1. The number of alkyl halides is 3. The van der Waals surface area contributed by atoms with Crippen LogP contribution in [0.4, 0.5) is 13.2 Å². The Kier molecular flexibility index (Phi) is 5.03. The van der Waals surface area contributed by atoms with E-state index in [4.69, 9.17) is 4.74 Å². The Bertz CT molecular complexity index is 734. The van der Waals surface area contributed by atoms with Gasteiger partial charge in [0, 0.05) is 36.7 Å². The second-order valence-electron chi connectivity index (χ2n) is 7.11. The Balaban J connectivity index is 1.43. The van der Waals surface area contributed by atoms with Gasteiger partial charge in [-0.15, -0.1) is 11.3 Å². The third-order valence-corrected chi connectivity index (χ3v) is 5.90. The van der Waals surface area contributed by atoms with Crippen molar-refractivity contribution in [3.63, 3.8) is 0 Å². The van der Waals surface area contributed by atoms with Gasteiger partial charge in [-0.3, -0.25) is 4.90 Å². The van der Waals surface area contributed by atoms with E-state index in [2.05, 4.69) is 9.88 Å². The first-order chi connectivity index (χ1) is 12.5. The molecule has 3 nitrogen and oxygen atoms in total. The van der Waals surface area contributed by atoms with Crippen LogP contribution >= 0.6 is 11.3 Å². The van der Waals surface area contributed by atoms with Gasteiger partial charge in [0.05, 0.1) is 17.9 Å². The SMILES string of the molecule is FC(F)(F)c1ccc(-c2nc(CN(C[C@H]3CCOC3)C3CC3)cs2)cc1. The molecule has 2 fully saturated rings. The summed E-state index contributed by atoms with van der Waals surface area (Å²) in [6.45, 7) is 3.55. The first-order valence-electron chi connectivity index (χ1n) is 8.93. The summed E-state index contributed by atoms with van der Waals surface area (Å²) in [6.07, 6.45) is -0.703. The van der Waals surface area contributed by atoms with Gasteiger partial charge in [-0.05, 0) is 37.3 Å². The molecule has 1 aromatic carbocycles. The summed E-state index contributed by atoms with van der Waals surface area (Å²) in [5, 5.41) is 2.79. The first-order valence-corrected chi connectivity index (χ1v) is 9.81. The maximum atomic E-state index is 12.7. The number of benzene rings is 1. The van der Waals surface area contributed by atoms with Crippen molar-refractivity contribution in [2.45, 2.75) is 38.0 Å². The number of rotatable bonds is 6. The number of halogens is 3. The predicted octanol–water partition coefficient (Wildman–Crippen LogP) is 4.83. The van der Waals surface area contributed by atoms with Gasteiger partial charge in [0.1, 0.15) is 5.01 Å². The molecule has 2 heterocycles. The van der Waals surface area contributed by atoms with Crippen molar-refractivity contribution in [3.8, 4) is 10.6 Å². The van der Waals surface area contributed by atoms with E-state index in [-0.39, 0.29) is 0 Å². The normalized spacial score (nSPS) is 20.8. The molecule has 1 aliphatic carbocycles. The van der Waals surface area contributed by atoms with Gasteiger partial charge >= 0.3 is 6.18 Å². The Morgan fingerprint density at radius 1 is 1.15 bits per heavy atom. The molecule has 1 saturated carbocycles. The van der Waals surface area contributed by atoms with Crippen LogP contribution in [-0.4, -0.2) is 35.7 Å². The highest BCUT2D eigenvalue weighted by molar-refractivity contribution is 7.13. The molecule has 2 aromatic rings. The monoisotopic (exact) mass is 382 g/mol. The van der Waals surface area contributed by atoms with Crippen molar-refractivity contribution >= 4 is 11.3 Å². The molecule has 0 unspecified atom stereocenters. The summed E-state index contributed by atoms with van der Waals surface area (Å²) in [5.41, 5.74) is 1.10. The zero-order valence-electron chi connectivity index (χ0n) is 14.3. The lowest BCUT2D eigenvalue weighted by atomic mass is 10.1. The Morgan fingerprint density at radius 3 is 2.54 bits per heavy atom. The van der Waals surface area contributed by atoms with Crippen LogP contribution in [-0.2, 0) is 17.5 Å². The van der Waals surface area contributed by atoms with Crippen LogP contribution in [0, 0.1) is 5.92 Å². The average Bonchev–Trinajstić information content (AvgIpc) is 3.14. The van der Waals surface area contributed by atoms with Crippen molar-refractivity contribution in [2.75, 3.05) is 19.8 Å². The maximum absolute atomic E-state index is 12.7. The zero-order chi connectivity index (χ0) is 18.1. The molecule has 2 aliphatic rings. The third-order valence-electron chi connectivity index (χ3n) is 4.96. The van der Waals surface area contributed by atoms with E-state index < -0.39 is 11.7 Å². The van der Waals surface area contributed by atoms with Crippen LogP contribution in [0.1, 0.15) is 30.5 Å². The standard InChI is InChI=1S/C19H21F3N2OS/c20-19(21,22)15-3-1-14(2-4-15)18-23-16(12-26-18)10-24(17-5-6-17)9-13-7-8-25-11-13/h1-4,12-13,17H,5-11H2/t13-/m1/s1. The Hall–Kier alpha value is -1.44. The van der Waals surface area contributed by atoms with Crippen LogP contribution < -0.4 is 0 Å². The fraction of sp³-hybridized carbons (Fsp3) is 0.526. The van der Waals surface area contributed by atoms with Gasteiger partial charge < -0.3 is 4.74 Å². The molecule has 0 N–H and O–H groups in total. The van der Waals surface area contributed by atoms with Gasteiger partial charge in [0.2, 0.25) is 0 Å². The number of ether oxygens (including phenoxy) is 1. The van der Waals surface area contributed by atoms with Gasteiger partial charge in [-0.2, -0.15) is 13.2 Å². The van der Waals surface area contributed by atoms with E-state index in [0.717, 1.165) is 61.1 Å². The Labute approximate surface area is 154 Å². The van der Waals surface area contributed by atoms with Crippen molar-refractivity contribution in [3.05, 3.63) is 40.9 Å². The summed E-state index contributed by atoms with van der Waals surface area (Å²) in [4.78, 5) is 7.15. The summed E-state index contributed by atoms with van der Waals surface area (Å²) in [5.74, 6) is 0.601. The fourth-order valence-electron chi connectivity index (χ4n) is 3.36. The highest BCUT2D eigenvalue weighted by atomic mass is 32.1. The topological polar surface area (TPSA) is 25.4 Å². The van der Waals surface area contributed by atoms with E-state index >= 15 is 0 Å². The van der Waals surface area contributed by atoms with E-state index in [1.807, 2.05) is 5.38 Å². The van der Waals surface area contributed by atoms with E-state index in [0.29, 0.717) is 12.0 Å². The van der Waals surface area contributed by atoms with Crippen LogP contribution in [0.2, 0.25) is 0 Å². The highest BCUT2D eigenvalue weighted by Crippen LogP contribution is 2.33. The molecule has 0 radical (unpaired) electrons. The number of hydrogen-bond donors (Lipinski definition) is 0. The second kappa shape index (κ2) is 7.29. The van der Waals surface area contributed by atoms with E-state index in [1.54, 1.807) is 0 Å². The molecule has 0 spiro atoms. The quantitative estimate of drug-likeness (QED) is 0.716. The minimum atomic E-state index is -4.30. The van der Waals surface area contributed by atoms with Crippen LogP contribution in [0.15, 0.2) is 29.6 Å². The molecule has 140 valence electrons. The minimum absolute atomic E-state index is 0.601. The predicted molar refractivity (Wildman–Crippen MR) is 94.9 cm³/mol. The van der Waals surface area contributed by atoms with Crippen LogP contribution in [0.5, 0.6) is 0 Å². The molecular weight excluding hydrogens is 361 g/mol. The number of aromatic nitrogens is 1. The van der Waals surface area contributed by atoms with Crippen molar-refractivity contribution < 1.29 is 17.9 Å². The molecule has 0 bridgehead atoms. The van der Waals surface area contributed by atoms with Gasteiger partial charge in [0.25, 0.3) is 0 Å². The molecule has 1 aliphatic heterocycles. The second-order valence-corrected chi connectivity index (χ2v) is 7.97. The molecule has 0 amide bonds. The molecule has 26 heavy (non-hydrogen) atoms. The van der Waals surface area contributed by atoms with Crippen molar-refractivity contribution in [1.82, 2.24) is 9.88 Å². The first kappa shape index (κ1) is 17.9. The average molecular weight is 382 g/mol. The van der Waals surface area contributed by atoms with Crippen molar-refractivity contribution in [2.24, 2.45) is 5.92 Å². The fourth-order valence-corrected chi connectivity index (χ4v) is 4.18. The lowest BCUT2D eigenvalue weighted by molar-refractivity contribution is -0.137. The van der Waals surface area contributed by atoms with Crippen molar-refractivity contribution in [1.29, 1.82) is 0 Å². The van der Waals surface area contributed by atoms with Crippen LogP contribution in [0.25, 0.3) is 10.6 Å². The van der Waals surface area contributed by atoms with Gasteiger partial charge in [-0.25, -0.2) is 4.98 Å². The zero-order valence-corrected chi connectivity index (χ0v) is 15.2. The maximum Gasteiger partial charge on any atom is 0.416 e. The largest absolute Gasteiger partial charge is 0.416 e. The molecule has 4 rings (SSSR count). The van der Waals surface area contributed by atoms with Gasteiger partial charge in [0.15, 0.2) is 0 Å². The lowest BCUT2D eigenvalue weighted by Gasteiger charge is -2.23.